The van der Waals surface area contributed by atoms with Gasteiger partial charge in [-0.3, -0.25) is 0 Å². The first-order valence-electron chi connectivity index (χ1n) is 8.92. The van der Waals surface area contributed by atoms with Crippen LogP contribution in [0.15, 0.2) is 65.9 Å². The first kappa shape index (κ1) is 22.6. The lowest BCUT2D eigenvalue weighted by molar-refractivity contribution is -0.140. The number of rotatable bonds is 6. The van der Waals surface area contributed by atoms with Gasteiger partial charge in [0.15, 0.2) is 6.10 Å². The van der Waals surface area contributed by atoms with E-state index in [0.29, 0.717) is 5.70 Å². The van der Waals surface area contributed by atoms with Crippen molar-refractivity contribution in [1.82, 2.24) is 5.32 Å². The Kier molecular flexibility index (Phi) is 7.82. The molecule has 0 saturated carbocycles. The standard InChI is InChI=1S/C22H24Cl3NO2/c1-14(2)12-20(22(23,24)25)28-21(27)13-15(3)26-16(4)18-11-7-9-17-8-5-6-10-19(17)18/h5-13,16,20,26H,1-4H3/t16-,20+/m0/s1. The van der Waals surface area contributed by atoms with Crippen molar-refractivity contribution >= 4 is 51.5 Å². The number of carbonyl (C=O) groups excluding carboxylic acids is 1. The van der Waals surface area contributed by atoms with Gasteiger partial charge in [-0.2, -0.15) is 0 Å². The Hall–Kier alpha value is -1.68. The summed E-state index contributed by atoms with van der Waals surface area (Å²) in [5.41, 5.74) is 2.68. The van der Waals surface area contributed by atoms with E-state index >= 15 is 0 Å². The van der Waals surface area contributed by atoms with Gasteiger partial charge in [0.2, 0.25) is 3.79 Å². The molecule has 0 unspecified atom stereocenters. The van der Waals surface area contributed by atoms with E-state index in [9.17, 15) is 4.79 Å². The third kappa shape index (κ3) is 6.44. The topological polar surface area (TPSA) is 38.3 Å². The Labute approximate surface area is 181 Å². The van der Waals surface area contributed by atoms with Crippen LogP contribution in [0.5, 0.6) is 0 Å². The van der Waals surface area contributed by atoms with E-state index in [-0.39, 0.29) is 6.04 Å². The van der Waals surface area contributed by atoms with Crippen LogP contribution in [0.25, 0.3) is 10.8 Å². The first-order chi connectivity index (χ1) is 13.1. The summed E-state index contributed by atoms with van der Waals surface area (Å²) in [7, 11) is 0. The van der Waals surface area contributed by atoms with E-state index in [0.717, 1.165) is 11.1 Å². The van der Waals surface area contributed by atoms with Gasteiger partial charge in [-0.25, -0.2) is 4.79 Å². The minimum Gasteiger partial charge on any atom is -0.450 e. The second-order valence-corrected chi connectivity index (χ2v) is 9.27. The molecule has 0 aliphatic heterocycles. The number of ether oxygens (including phenoxy) is 1. The number of halogens is 3. The van der Waals surface area contributed by atoms with Gasteiger partial charge < -0.3 is 10.1 Å². The Balaban J connectivity index is 2.12. The summed E-state index contributed by atoms with van der Waals surface area (Å²) < 4.78 is 3.59. The summed E-state index contributed by atoms with van der Waals surface area (Å²) in [5, 5.41) is 5.65. The second kappa shape index (κ2) is 9.69. The number of allylic oxidation sites excluding steroid dienone is 2. The zero-order chi connectivity index (χ0) is 20.9. The van der Waals surface area contributed by atoms with Gasteiger partial charge in [0.1, 0.15) is 0 Å². The molecule has 0 radical (unpaired) electrons. The molecule has 0 fully saturated rings. The third-order valence-electron chi connectivity index (χ3n) is 4.12. The van der Waals surface area contributed by atoms with Gasteiger partial charge in [0.05, 0.1) is 0 Å². The predicted octanol–water partition coefficient (Wildman–Crippen LogP) is 6.64. The largest absolute Gasteiger partial charge is 0.450 e. The predicted molar refractivity (Wildman–Crippen MR) is 119 cm³/mol. The fourth-order valence-electron chi connectivity index (χ4n) is 2.92. The monoisotopic (exact) mass is 439 g/mol. The second-order valence-electron chi connectivity index (χ2n) is 6.90. The molecular weight excluding hydrogens is 417 g/mol. The Morgan fingerprint density at radius 2 is 1.71 bits per heavy atom. The molecule has 0 bridgehead atoms. The van der Waals surface area contributed by atoms with Crippen LogP contribution in [0.3, 0.4) is 0 Å². The van der Waals surface area contributed by atoms with Crippen LogP contribution < -0.4 is 5.32 Å². The van der Waals surface area contributed by atoms with Crippen molar-refractivity contribution in [3.05, 3.63) is 71.5 Å². The maximum absolute atomic E-state index is 12.3. The van der Waals surface area contributed by atoms with E-state index in [4.69, 9.17) is 39.5 Å². The van der Waals surface area contributed by atoms with Crippen LogP contribution in [-0.4, -0.2) is 15.9 Å². The van der Waals surface area contributed by atoms with Crippen LogP contribution in [0, 0.1) is 0 Å². The molecule has 0 aliphatic rings. The molecule has 0 amide bonds. The molecule has 0 spiro atoms. The highest BCUT2D eigenvalue weighted by molar-refractivity contribution is 6.68. The summed E-state index contributed by atoms with van der Waals surface area (Å²) >= 11 is 17.7. The molecular formula is C22H24Cl3NO2. The Bertz CT molecular complexity index is 891. The number of nitrogens with one attached hydrogen (secondary N) is 1. The van der Waals surface area contributed by atoms with Gasteiger partial charge in [-0.05, 0) is 50.1 Å². The molecule has 6 heteroatoms. The molecule has 0 heterocycles. The lowest BCUT2D eigenvalue weighted by Crippen LogP contribution is -2.29. The van der Waals surface area contributed by atoms with Crippen LogP contribution >= 0.6 is 34.8 Å². The van der Waals surface area contributed by atoms with Gasteiger partial charge in [0, 0.05) is 17.8 Å². The normalized spacial score (nSPS) is 14.3. The molecule has 2 aromatic carbocycles. The summed E-state index contributed by atoms with van der Waals surface area (Å²) in [6, 6.07) is 14.3. The van der Waals surface area contributed by atoms with Crippen LogP contribution in [0.2, 0.25) is 0 Å². The Morgan fingerprint density at radius 3 is 2.36 bits per heavy atom. The van der Waals surface area contributed by atoms with Gasteiger partial charge in [-0.1, -0.05) is 82.8 Å². The van der Waals surface area contributed by atoms with E-state index < -0.39 is 15.9 Å². The van der Waals surface area contributed by atoms with Crippen LogP contribution in [0.1, 0.15) is 39.3 Å². The lowest BCUT2D eigenvalue weighted by Gasteiger charge is -2.22. The highest BCUT2D eigenvalue weighted by atomic mass is 35.6. The molecule has 2 aromatic rings. The minimum atomic E-state index is -1.74. The number of hydrogen-bond donors (Lipinski definition) is 1. The van der Waals surface area contributed by atoms with Crippen molar-refractivity contribution in [2.75, 3.05) is 0 Å². The van der Waals surface area contributed by atoms with E-state index in [2.05, 4.69) is 29.6 Å². The van der Waals surface area contributed by atoms with E-state index in [1.54, 1.807) is 13.0 Å². The fraction of sp³-hybridized carbons (Fsp3) is 0.318. The number of esters is 1. The van der Waals surface area contributed by atoms with Crippen molar-refractivity contribution in [1.29, 1.82) is 0 Å². The zero-order valence-corrected chi connectivity index (χ0v) is 18.6. The highest BCUT2D eigenvalue weighted by Gasteiger charge is 2.34. The molecule has 0 aromatic heterocycles. The molecule has 150 valence electrons. The maximum Gasteiger partial charge on any atom is 0.333 e. The van der Waals surface area contributed by atoms with E-state index in [1.165, 1.54) is 16.8 Å². The third-order valence-corrected chi connectivity index (χ3v) is 4.76. The number of carbonyl (C=O) groups is 1. The van der Waals surface area contributed by atoms with Gasteiger partial charge >= 0.3 is 5.97 Å². The quantitative estimate of drug-likeness (QED) is 0.237. The zero-order valence-electron chi connectivity index (χ0n) is 16.3. The summed E-state index contributed by atoms with van der Waals surface area (Å²) in [6.07, 6.45) is 2.01. The molecule has 1 N–H and O–H groups in total. The molecule has 2 rings (SSSR count). The SMILES string of the molecule is CC(C)=C[C@@H](OC(=O)C=C(C)N[C@@H](C)c1cccc2ccccc12)C(Cl)(Cl)Cl. The first-order valence-corrected chi connectivity index (χ1v) is 10.1. The minimum absolute atomic E-state index is 0.00287. The average molecular weight is 441 g/mol. The smallest absolute Gasteiger partial charge is 0.333 e. The number of benzene rings is 2. The van der Waals surface area contributed by atoms with Crippen molar-refractivity contribution in [3.63, 3.8) is 0 Å². The lowest BCUT2D eigenvalue weighted by atomic mass is 9.99. The molecule has 2 atom stereocenters. The number of fused-ring (bicyclic) bond motifs is 1. The van der Waals surface area contributed by atoms with Crippen molar-refractivity contribution < 1.29 is 9.53 Å². The van der Waals surface area contributed by atoms with Crippen molar-refractivity contribution in [2.45, 2.75) is 43.6 Å². The van der Waals surface area contributed by atoms with Crippen LogP contribution in [-0.2, 0) is 9.53 Å². The van der Waals surface area contributed by atoms with Crippen molar-refractivity contribution in [3.8, 4) is 0 Å². The Morgan fingerprint density at radius 1 is 1.07 bits per heavy atom. The number of hydrogen-bond acceptors (Lipinski definition) is 3. The molecule has 28 heavy (non-hydrogen) atoms. The summed E-state index contributed by atoms with van der Waals surface area (Å²) in [5.74, 6) is -0.580. The maximum atomic E-state index is 12.3. The highest BCUT2D eigenvalue weighted by Crippen LogP contribution is 2.34. The summed E-state index contributed by atoms with van der Waals surface area (Å²) in [6.45, 7) is 7.52. The van der Waals surface area contributed by atoms with Crippen LogP contribution in [0.4, 0.5) is 0 Å². The molecule has 0 saturated heterocycles. The van der Waals surface area contributed by atoms with E-state index in [1.807, 2.05) is 39.0 Å². The molecule has 3 nitrogen and oxygen atoms in total. The fourth-order valence-corrected chi connectivity index (χ4v) is 3.25. The summed E-state index contributed by atoms with van der Waals surface area (Å²) in [4.78, 5) is 12.3. The molecule has 0 aliphatic carbocycles. The average Bonchev–Trinajstić information content (AvgIpc) is 2.59. The number of alkyl halides is 3. The van der Waals surface area contributed by atoms with Gasteiger partial charge in [0.25, 0.3) is 0 Å². The van der Waals surface area contributed by atoms with Gasteiger partial charge in [-0.15, -0.1) is 0 Å². The van der Waals surface area contributed by atoms with Crippen molar-refractivity contribution in [2.24, 2.45) is 0 Å².